The van der Waals surface area contributed by atoms with Gasteiger partial charge in [0.15, 0.2) is 5.78 Å². The monoisotopic (exact) mass is 321 g/mol. The van der Waals surface area contributed by atoms with Gasteiger partial charge in [-0.25, -0.2) is 0 Å². The lowest BCUT2D eigenvalue weighted by molar-refractivity contribution is 0.0985. The maximum absolute atomic E-state index is 12.2. The number of halogens is 1. The molecule has 100 valence electrons. The number of hydrogen-bond donors (Lipinski definition) is 0. The molecule has 0 aliphatic heterocycles. The standard InChI is InChI=1S/C14H16BrN3O/c1-4-10-14(15)12(18(3)17-10)8-13(19)11-7-5-6-9(2)16-11/h5-7H,4,8H2,1-3H3. The van der Waals surface area contributed by atoms with Gasteiger partial charge in [0.25, 0.3) is 0 Å². The molecule has 2 aromatic rings. The highest BCUT2D eigenvalue weighted by Gasteiger charge is 2.17. The molecule has 0 unspecified atom stereocenters. The Morgan fingerprint density at radius 2 is 2.16 bits per heavy atom. The van der Waals surface area contributed by atoms with Gasteiger partial charge >= 0.3 is 0 Å². The smallest absolute Gasteiger partial charge is 0.187 e. The number of carbonyl (C=O) groups is 1. The van der Waals surface area contributed by atoms with Crippen molar-refractivity contribution < 1.29 is 4.79 Å². The maximum atomic E-state index is 12.2. The van der Waals surface area contributed by atoms with Gasteiger partial charge in [0.05, 0.1) is 22.3 Å². The molecule has 2 aromatic heterocycles. The van der Waals surface area contributed by atoms with Gasteiger partial charge in [-0.05, 0) is 41.4 Å². The average molecular weight is 322 g/mol. The molecule has 0 aliphatic rings. The Morgan fingerprint density at radius 1 is 1.42 bits per heavy atom. The summed E-state index contributed by atoms with van der Waals surface area (Å²) in [4.78, 5) is 16.5. The third kappa shape index (κ3) is 2.92. The molecule has 0 radical (unpaired) electrons. The lowest BCUT2D eigenvalue weighted by Gasteiger charge is -2.03. The highest BCUT2D eigenvalue weighted by Crippen LogP contribution is 2.22. The predicted molar refractivity (Wildman–Crippen MR) is 77.3 cm³/mol. The molecular formula is C14H16BrN3O. The second kappa shape index (κ2) is 5.65. The minimum Gasteiger partial charge on any atom is -0.292 e. The second-order valence-corrected chi connectivity index (χ2v) is 5.24. The fourth-order valence-electron chi connectivity index (χ4n) is 1.95. The summed E-state index contributed by atoms with van der Waals surface area (Å²) in [5.41, 5.74) is 3.22. The van der Waals surface area contributed by atoms with E-state index in [-0.39, 0.29) is 5.78 Å². The molecule has 4 nitrogen and oxygen atoms in total. The summed E-state index contributed by atoms with van der Waals surface area (Å²) in [7, 11) is 1.86. The quantitative estimate of drug-likeness (QED) is 0.813. The summed E-state index contributed by atoms with van der Waals surface area (Å²) >= 11 is 3.52. The fraction of sp³-hybridized carbons (Fsp3) is 0.357. The third-order valence-electron chi connectivity index (χ3n) is 3.00. The molecule has 0 amide bonds. The molecule has 0 aliphatic carbocycles. The lowest BCUT2D eigenvalue weighted by atomic mass is 10.1. The lowest BCUT2D eigenvalue weighted by Crippen LogP contribution is -2.10. The molecule has 2 rings (SSSR count). The Kier molecular flexibility index (Phi) is 4.14. The van der Waals surface area contributed by atoms with Crippen molar-refractivity contribution in [3.05, 3.63) is 45.4 Å². The summed E-state index contributed by atoms with van der Waals surface area (Å²) in [6.07, 6.45) is 1.14. The summed E-state index contributed by atoms with van der Waals surface area (Å²) in [6, 6.07) is 5.48. The molecule has 0 N–H and O–H groups in total. The van der Waals surface area contributed by atoms with E-state index < -0.39 is 0 Å². The molecule has 2 heterocycles. The number of aryl methyl sites for hydroxylation is 3. The van der Waals surface area contributed by atoms with E-state index in [1.54, 1.807) is 10.7 Å². The van der Waals surface area contributed by atoms with Crippen molar-refractivity contribution in [2.75, 3.05) is 0 Å². The predicted octanol–water partition coefficient (Wildman–Crippen LogP) is 2.87. The van der Waals surface area contributed by atoms with E-state index in [0.29, 0.717) is 12.1 Å². The number of Topliss-reactive ketones (excluding diaryl/α,β-unsaturated/α-hetero) is 1. The van der Waals surface area contributed by atoms with E-state index >= 15 is 0 Å². The first-order valence-electron chi connectivity index (χ1n) is 6.20. The van der Waals surface area contributed by atoms with Crippen molar-refractivity contribution in [1.29, 1.82) is 0 Å². The zero-order valence-electron chi connectivity index (χ0n) is 11.3. The van der Waals surface area contributed by atoms with E-state index in [9.17, 15) is 4.79 Å². The van der Waals surface area contributed by atoms with Crippen LogP contribution in [0.3, 0.4) is 0 Å². The topological polar surface area (TPSA) is 47.8 Å². The van der Waals surface area contributed by atoms with Gasteiger partial charge in [-0.1, -0.05) is 13.0 Å². The first kappa shape index (κ1) is 13.9. The molecular weight excluding hydrogens is 306 g/mol. The Labute approximate surface area is 121 Å². The van der Waals surface area contributed by atoms with E-state index in [1.165, 1.54) is 0 Å². The Morgan fingerprint density at radius 3 is 2.74 bits per heavy atom. The van der Waals surface area contributed by atoms with E-state index in [2.05, 4.69) is 26.0 Å². The summed E-state index contributed by atoms with van der Waals surface area (Å²) in [5, 5.41) is 4.39. The van der Waals surface area contributed by atoms with Gasteiger partial charge in [0.1, 0.15) is 5.69 Å². The van der Waals surface area contributed by atoms with E-state index in [4.69, 9.17) is 0 Å². The number of rotatable bonds is 4. The number of pyridine rings is 1. The zero-order chi connectivity index (χ0) is 14.0. The van der Waals surface area contributed by atoms with Crippen LogP contribution in [0.25, 0.3) is 0 Å². The number of aromatic nitrogens is 3. The van der Waals surface area contributed by atoms with Gasteiger partial charge in [0.2, 0.25) is 0 Å². The fourth-order valence-corrected chi connectivity index (χ4v) is 2.71. The highest BCUT2D eigenvalue weighted by atomic mass is 79.9. The van der Waals surface area contributed by atoms with E-state index in [0.717, 1.165) is 28.0 Å². The molecule has 0 spiro atoms. The Bertz CT molecular complexity index is 619. The molecule has 0 atom stereocenters. The van der Waals surface area contributed by atoms with Crippen LogP contribution in [0.2, 0.25) is 0 Å². The van der Waals surface area contributed by atoms with Crippen molar-refractivity contribution in [2.24, 2.45) is 7.05 Å². The number of ketones is 1. The highest BCUT2D eigenvalue weighted by molar-refractivity contribution is 9.10. The van der Waals surface area contributed by atoms with Gasteiger partial charge in [-0.3, -0.25) is 14.5 Å². The largest absolute Gasteiger partial charge is 0.292 e. The molecule has 0 saturated heterocycles. The number of nitrogens with zero attached hydrogens (tertiary/aromatic N) is 3. The van der Waals surface area contributed by atoms with Crippen LogP contribution in [-0.2, 0) is 19.9 Å². The van der Waals surface area contributed by atoms with E-state index in [1.807, 2.05) is 33.0 Å². The minimum atomic E-state index is 0.00931. The third-order valence-corrected chi connectivity index (χ3v) is 3.92. The molecule has 0 bridgehead atoms. The normalized spacial score (nSPS) is 10.7. The first-order chi connectivity index (χ1) is 9.02. The van der Waals surface area contributed by atoms with Crippen LogP contribution in [0.1, 0.15) is 34.5 Å². The summed E-state index contributed by atoms with van der Waals surface area (Å²) in [6.45, 7) is 3.92. The van der Waals surface area contributed by atoms with Crippen LogP contribution in [0.15, 0.2) is 22.7 Å². The Balaban J connectivity index is 2.27. The molecule has 0 fully saturated rings. The van der Waals surface area contributed by atoms with Gasteiger partial charge < -0.3 is 0 Å². The molecule has 0 saturated carbocycles. The van der Waals surface area contributed by atoms with Crippen LogP contribution >= 0.6 is 15.9 Å². The molecule has 5 heteroatoms. The van der Waals surface area contributed by atoms with Crippen molar-refractivity contribution in [3.8, 4) is 0 Å². The van der Waals surface area contributed by atoms with Gasteiger partial charge in [-0.15, -0.1) is 0 Å². The summed E-state index contributed by atoms with van der Waals surface area (Å²) in [5.74, 6) is 0.00931. The Hall–Kier alpha value is -1.49. The minimum absolute atomic E-state index is 0.00931. The van der Waals surface area contributed by atoms with Gasteiger partial charge in [-0.2, -0.15) is 5.10 Å². The SMILES string of the molecule is CCc1nn(C)c(CC(=O)c2cccc(C)n2)c1Br. The number of carbonyl (C=O) groups excluding carboxylic acids is 1. The molecule has 0 aromatic carbocycles. The van der Waals surface area contributed by atoms with Crippen molar-refractivity contribution in [2.45, 2.75) is 26.7 Å². The molecule has 19 heavy (non-hydrogen) atoms. The zero-order valence-corrected chi connectivity index (χ0v) is 12.9. The van der Waals surface area contributed by atoms with Crippen molar-refractivity contribution in [1.82, 2.24) is 14.8 Å². The van der Waals surface area contributed by atoms with Crippen LogP contribution in [0, 0.1) is 6.92 Å². The number of hydrogen-bond acceptors (Lipinski definition) is 3. The second-order valence-electron chi connectivity index (χ2n) is 4.45. The van der Waals surface area contributed by atoms with Crippen LogP contribution in [-0.4, -0.2) is 20.5 Å². The van der Waals surface area contributed by atoms with Crippen molar-refractivity contribution in [3.63, 3.8) is 0 Å². The average Bonchev–Trinajstić information content (AvgIpc) is 2.66. The van der Waals surface area contributed by atoms with Crippen LogP contribution in [0.4, 0.5) is 0 Å². The maximum Gasteiger partial charge on any atom is 0.187 e. The van der Waals surface area contributed by atoms with Crippen LogP contribution < -0.4 is 0 Å². The summed E-state index contributed by atoms with van der Waals surface area (Å²) < 4.78 is 2.69. The van der Waals surface area contributed by atoms with Crippen molar-refractivity contribution >= 4 is 21.7 Å². The van der Waals surface area contributed by atoms with Gasteiger partial charge in [0, 0.05) is 12.7 Å². The van der Waals surface area contributed by atoms with Crippen LogP contribution in [0.5, 0.6) is 0 Å². The first-order valence-corrected chi connectivity index (χ1v) is 6.99.